The Morgan fingerprint density at radius 1 is 1.45 bits per heavy atom. The standard InChI is InChI=1S/C6H9F3OS/c7-6(8,9)5(10)4-2-1-3-11-4/h4-5,10H,1-3H2/t4?,5-/m0/s1. The molecule has 0 amide bonds. The summed E-state index contributed by atoms with van der Waals surface area (Å²) >= 11 is 1.21. The smallest absolute Gasteiger partial charge is 0.383 e. The maximum absolute atomic E-state index is 11.8. The minimum atomic E-state index is -4.44. The molecule has 0 aromatic rings. The highest BCUT2D eigenvalue weighted by atomic mass is 32.2. The van der Waals surface area contributed by atoms with Crippen LogP contribution in [0, 0.1) is 0 Å². The molecule has 1 saturated heterocycles. The summed E-state index contributed by atoms with van der Waals surface area (Å²) in [4.78, 5) is 0. The van der Waals surface area contributed by atoms with Crippen LogP contribution in [0.5, 0.6) is 0 Å². The average molecular weight is 186 g/mol. The van der Waals surface area contributed by atoms with E-state index in [0.29, 0.717) is 6.42 Å². The number of halogens is 3. The van der Waals surface area contributed by atoms with Crippen molar-refractivity contribution in [3.05, 3.63) is 0 Å². The Balaban J connectivity index is 2.46. The lowest BCUT2D eigenvalue weighted by molar-refractivity contribution is -0.203. The van der Waals surface area contributed by atoms with Crippen LogP contribution in [0.15, 0.2) is 0 Å². The van der Waals surface area contributed by atoms with Gasteiger partial charge in [-0.25, -0.2) is 0 Å². The molecule has 0 bridgehead atoms. The zero-order valence-corrected chi connectivity index (χ0v) is 6.58. The molecule has 1 nitrogen and oxygen atoms in total. The summed E-state index contributed by atoms with van der Waals surface area (Å²) in [6.45, 7) is 0. The van der Waals surface area contributed by atoms with Gasteiger partial charge in [-0.05, 0) is 18.6 Å². The highest BCUT2D eigenvalue weighted by Crippen LogP contribution is 2.35. The molecule has 66 valence electrons. The maximum Gasteiger partial charge on any atom is 0.415 e. The molecule has 1 rings (SSSR count). The monoisotopic (exact) mass is 186 g/mol. The van der Waals surface area contributed by atoms with Crippen molar-refractivity contribution < 1.29 is 18.3 Å². The van der Waals surface area contributed by atoms with Gasteiger partial charge < -0.3 is 5.11 Å². The summed E-state index contributed by atoms with van der Waals surface area (Å²) in [6, 6.07) is 0. The molecule has 1 unspecified atom stereocenters. The summed E-state index contributed by atoms with van der Waals surface area (Å²) in [7, 11) is 0. The molecule has 1 fully saturated rings. The minimum absolute atomic E-state index is 0.478. The Labute approximate surface area is 67.0 Å². The normalized spacial score (nSPS) is 28.9. The van der Waals surface area contributed by atoms with Gasteiger partial charge in [0.1, 0.15) is 0 Å². The summed E-state index contributed by atoms with van der Waals surface area (Å²) in [6.07, 6.45) is -5.31. The zero-order valence-electron chi connectivity index (χ0n) is 5.77. The van der Waals surface area contributed by atoms with Crippen LogP contribution in [0.4, 0.5) is 13.2 Å². The molecule has 1 aliphatic rings. The summed E-state index contributed by atoms with van der Waals surface area (Å²) < 4.78 is 35.5. The van der Waals surface area contributed by atoms with E-state index in [1.165, 1.54) is 11.8 Å². The van der Waals surface area contributed by atoms with Gasteiger partial charge in [0.2, 0.25) is 0 Å². The van der Waals surface area contributed by atoms with E-state index in [0.717, 1.165) is 12.2 Å². The lowest BCUT2D eigenvalue weighted by Gasteiger charge is -2.19. The van der Waals surface area contributed by atoms with Gasteiger partial charge in [-0.1, -0.05) is 0 Å². The highest BCUT2D eigenvalue weighted by molar-refractivity contribution is 8.00. The number of thioether (sulfide) groups is 1. The van der Waals surface area contributed by atoms with E-state index in [2.05, 4.69) is 0 Å². The van der Waals surface area contributed by atoms with Gasteiger partial charge in [0.25, 0.3) is 0 Å². The lowest BCUT2D eigenvalue weighted by Crippen LogP contribution is -2.36. The van der Waals surface area contributed by atoms with Gasteiger partial charge in [-0.2, -0.15) is 24.9 Å². The first-order valence-electron chi connectivity index (χ1n) is 3.38. The van der Waals surface area contributed by atoms with Gasteiger partial charge in [-0.15, -0.1) is 0 Å². The second kappa shape index (κ2) is 3.23. The minimum Gasteiger partial charge on any atom is -0.383 e. The Hall–Kier alpha value is 0.100. The van der Waals surface area contributed by atoms with Crippen LogP contribution in [-0.4, -0.2) is 28.4 Å². The predicted octanol–water partition coefficient (Wildman–Crippen LogP) is 1.81. The van der Waals surface area contributed by atoms with Gasteiger partial charge in [0.05, 0.1) is 0 Å². The highest BCUT2D eigenvalue weighted by Gasteiger charge is 2.44. The first kappa shape index (κ1) is 9.19. The van der Waals surface area contributed by atoms with Crippen molar-refractivity contribution in [1.82, 2.24) is 0 Å². The van der Waals surface area contributed by atoms with Gasteiger partial charge >= 0.3 is 6.18 Å². The van der Waals surface area contributed by atoms with E-state index in [1.807, 2.05) is 0 Å². The van der Waals surface area contributed by atoms with E-state index in [4.69, 9.17) is 5.11 Å². The molecule has 0 saturated carbocycles. The van der Waals surface area contributed by atoms with E-state index in [9.17, 15) is 13.2 Å². The first-order chi connectivity index (χ1) is 5.02. The van der Waals surface area contributed by atoms with Crippen LogP contribution < -0.4 is 0 Å². The molecule has 0 aromatic carbocycles. The zero-order chi connectivity index (χ0) is 8.48. The van der Waals surface area contributed by atoms with Gasteiger partial charge in [0.15, 0.2) is 6.10 Å². The van der Waals surface area contributed by atoms with Crippen molar-refractivity contribution in [3.63, 3.8) is 0 Å². The Morgan fingerprint density at radius 2 is 2.09 bits per heavy atom. The van der Waals surface area contributed by atoms with E-state index >= 15 is 0 Å². The van der Waals surface area contributed by atoms with Crippen LogP contribution >= 0.6 is 11.8 Å². The van der Waals surface area contributed by atoms with Crippen molar-refractivity contribution in [2.75, 3.05) is 5.75 Å². The summed E-state index contributed by atoms with van der Waals surface area (Å²) in [5, 5.41) is 8.11. The molecule has 0 spiro atoms. The average Bonchev–Trinajstić information content (AvgIpc) is 2.34. The molecule has 1 aliphatic heterocycles. The van der Waals surface area contributed by atoms with Crippen LogP contribution in [0.25, 0.3) is 0 Å². The Kier molecular flexibility index (Phi) is 2.70. The molecule has 5 heteroatoms. The summed E-state index contributed by atoms with van der Waals surface area (Å²) in [5.74, 6) is 0.734. The van der Waals surface area contributed by atoms with Crippen LogP contribution in [0.2, 0.25) is 0 Å². The fourth-order valence-electron chi connectivity index (χ4n) is 1.06. The Bertz CT molecular complexity index is 130. The second-order valence-electron chi connectivity index (χ2n) is 2.54. The van der Waals surface area contributed by atoms with Crippen LogP contribution in [0.3, 0.4) is 0 Å². The number of rotatable bonds is 1. The van der Waals surface area contributed by atoms with E-state index < -0.39 is 17.5 Å². The van der Waals surface area contributed by atoms with Crippen LogP contribution in [0.1, 0.15) is 12.8 Å². The van der Waals surface area contributed by atoms with Crippen molar-refractivity contribution in [1.29, 1.82) is 0 Å². The molecule has 1 N–H and O–H groups in total. The molecule has 0 aromatic heterocycles. The molecular formula is C6H9F3OS. The first-order valence-corrected chi connectivity index (χ1v) is 4.43. The molecule has 11 heavy (non-hydrogen) atoms. The third kappa shape index (κ3) is 2.27. The third-order valence-corrected chi connectivity index (χ3v) is 3.10. The largest absolute Gasteiger partial charge is 0.415 e. The molecule has 1 heterocycles. The predicted molar refractivity (Wildman–Crippen MR) is 37.5 cm³/mol. The van der Waals surface area contributed by atoms with E-state index in [-0.39, 0.29) is 0 Å². The SMILES string of the molecule is O[C@@H](C1CCCS1)C(F)(F)F. The molecule has 0 aliphatic carbocycles. The maximum atomic E-state index is 11.8. The Morgan fingerprint density at radius 3 is 2.45 bits per heavy atom. The van der Waals surface area contributed by atoms with Crippen molar-refractivity contribution >= 4 is 11.8 Å². The number of alkyl halides is 3. The number of hydrogen-bond donors (Lipinski definition) is 1. The van der Waals surface area contributed by atoms with Crippen molar-refractivity contribution in [3.8, 4) is 0 Å². The quantitative estimate of drug-likeness (QED) is 0.673. The lowest BCUT2D eigenvalue weighted by atomic mass is 10.1. The van der Waals surface area contributed by atoms with Gasteiger partial charge in [0, 0.05) is 5.25 Å². The fourth-order valence-corrected chi connectivity index (χ4v) is 2.37. The molecular weight excluding hydrogens is 177 g/mol. The van der Waals surface area contributed by atoms with Crippen LogP contribution in [-0.2, 0) is 0 Å². The topological polar surface area (TPSA) is 20.2 Å². The number of aliphatic hydroxyl groups is 1. The fraction of sp³-hybridized carbons (Fsp3) is 1.00. The van der Waals surface area contributed by atoms with Gasteiger partial charge in [-0.3, -0.25) is 0 Å². The number of hydrogen-bond acceptors (Lipinski definition) is 2. The molecule has 2 atom stereocenters. The third-order valence-electron chi connectivity index (χ3n) is 1.65. The number of aliphatic hydroxyl groups excluding tert-OH is 1. The van der Waals surface area contributed by atoms with E-state index in [1.54, 1.807) is 0 Å². The second-order valence-corrected chi connectivity index (χ2v) is 3.89. The summed E-state index contributed by atoms with van der Waals surface area (Å²) in [5.41, 5.74) is 0. The van der Waals surface area contributed by atoms with Crippen molar-refractivity contribution in [2.45, 2.75) is 30.4 Å². The molecule has 0 radical (unpaired) electrons. The van der Waals surface area contributed by atoms with Crippen molar-refractivity contribution in [2.24, 2.45) is 0 Å².